The number of rotatable bonds is 3. The number of benzene rings is 1. The molecule has 2 unspecified atom stereocenters. The first-order chi connectivity index (χ1) is 8.63. The Hall–Kier alpha value is -1.01. The normalized spacial score (nSPS) is 21.9. The van der Waals surface area contributed by atoms with Crippen molar-refractivity contribution in [1.82, 2.24) is 5.43 Å². The van der Waals surface area contributed by atoms with Crippen LogP contribution in [0.5, 0.6) is 0 Å². The maximum Gasteiger partial charge on any atom is 0.128 e. The highest BCUT2D eigenvalue weighted by Crippen LogP contribution is 2.27. The Morgan fingerprint density at radius 3 is 2.72 bits per heavy atom. The van der Waals surface area contributed by atoms with Crippen LogP contribution in [-0.4, -0.2) is 25.9 Å². The second kappa shape index (κ2) is 5.75. The summed E-state index contributed by atoms with van der Waals surface area (Å²) in [6.07, 6.45) is -0.264. The number of hydrogen-bond acceptors (Lipinski definition) is 4. The molecule has 2 atom stereocenters. The van der Waals surface area contributed by atoms with Gasteiger partial charge in [-0.15, -0.1) is 0 Å². The van der Waals surface area contributed by atoms with Crippen molar-refractivity contribution in [3.8, 4) is 0 Å². The van der Waals surface area contributed by atoms with Crippen LogP contribution in [0.15, 0.2) is 12.1 Å². The molecule has 0 radical (unpaired) electrons. The largest absolute Gasteiger partial charge is 0.376 e. The van der Waals surface area contributed by atoms with E-state index in [4.69, 9.17) is 15.3 Å². The van der Waals surface area contributed by atoms with Crippen LogP contribution in [0, 0.1) is 19.7 Å². The second-order valence-corrected chi connectivity index (χ2v) is 4.61. The topological polar surface area (TPSA) is 56.5 Å². The first-order valence-corrected chi connectivity index (χ1v) is 6.05. The van der Waals surface area contributed by atoms with Crippen molar-refractivity contribution in [2.75, 3.05) is 19.8 Å². The van der Waals surface area contributed by atoms with E-state index in [1.54, 1.807) is 0 Å². The van der Waals surface area contributed by atoms with Crippen molar-refractivity contribution in [3.05, 3.63) is 34.6 Å². The van der Waals surface area contributed by atoms with Gasteiger partial charge in [-0.3, -0.25) is 11.3 Å². The van der Waals surface area contributed by atoms with E-state index in [0.29, 0.717) is 25.4 Å². The summed E-state index contributed by atoms with van der Waals surface area (Å²) in [5.74, 6) is 5.30. The number of nitrogens with one attached hydrogen (secondary N) is 1. The predicted octanol–water partition coefficient (Wildman–Crippen LogP) is 1.36. The fraction of sp³-hybridized carbons (Fsp3) is 0.538. The maximum atomic E-state index is 14.1. The fourth-order valence-electron chi connectivity index (χ4n) is 2.40. The standard InChI is InChI=1S/C13H19FN2O2/c1-8-5-9(2)12(10(14)6-8)13(16-15)11-7-17-3-4-18-11/h5-6,11,13,16H,3-4,7,15H2,1-2H3. The van der Waals surface area contributed by atoms with Gasteiger partial charge >= 0.3 is 0 Å². The van der Waals surface area contributed by atoms with E-state index in [1.165, 1.54) is 6.07 Å². The average Bonchev–Trinajstić information content (AvgIpc) is 2.34. The lowest BCUT2D eigenvalue weighted by molar-refractivity contribution is -0.103. The molecule has 1 aliphatic heterocycles. The molecule has 0 aromatic heterocycles. The number of ether oxygens (including phenoxy) is 2. The van der Waals surface area contributed by atoms with Gasteiger partial charge < -0.3 is 9.47 Å². The molecule has 1 heterocycles. The smallest absolute Gasteiger partial charge is 0.128 e. The lowest BCUT2D eigenvalue weighted by atomic mass is 9.95. The molecule has 0 amide bonds. The summed E-state index contributed by atoms with van der Waals surface area (Å²) in [6.45, 7) is 5.24. The molecule has 1 saturated heterocycles. The molecule has 0 aliphatic carbocycles. The van der Waals surface area contributed by atoms with Gasteiger partial charge in [0.25, 0.3) is 0 Å². The van der Waals surface area contributed by atoms with Crippen molar-refractivity contribution in [2.45, 2.75) is 26.0 Å². The summed E-state index contributed by atoms with van der Waals surface area (Å²) < 4.78 is 25.0. The number of nitrogens with two attached hydrogens (primary N) is 1. The zero-order valence-electron chi connectivity index (χ0n) is 10.7. The Kier molecular flexibility index (Phi) is 4.29. The van der Waals surface area contributed by atoms with Gasteiger partial charge in [0.2, 0.25) is 0 Å². The average molecular weight is 254 g/mol. The van der Waals surface area contributed by atoms with Gasteiger partial charge in [0.1, 0.15) is 11.9 Å². The Bertz CT molecular complexity index is 396. The summed E-state index contributed by atoms with van der Waals surface area (Å²) in [7, 11) is 0. The van der Waals surface area contributed by atoms with E-state index in [0.717, 1.165) is 11.1 Å². The summed E-state index contributed by atoms with van der Waals surface area (Å²) in [5, 5.41) is 0. The predicted molar refractivity (Wildman–Crippen MR) is 66.5 cm³/mol. The second-order valence-electron chi connectivity index (χ2n) is 4.61. The molecule has 1 aromatic rings. The zero-order valence-corrected chi connectivity index (χ0v) is 10.7. The third-order valence-electron chi connectivity index (χ3n) is 3.18. The monoisotopic (exact) mass is 254 g/mol. The van der Waals surface area contributed by atoms with Crippen LogP contribution in [0.2, 0.25) is 0 Å². The van der Waals surface area contributed by atoms with Crippen LogP contribution in [0.25, 0.3) is 0 Å². The van der Waals surface area contributed by atoms with E-state index >= 15 is 0 Å². The van der Waals surface area contributed by atoms with Gasteiger partial charge in [-0.1, -0.05) is 6.07 Å². The third-order valence-corrected chi connectivity index (χ3v) is 3.18. The van der Waals surface area contributed by atoms with Crippen LogP contribution in [0.1, 0.15) is 22.7 Å². The molecule has 1 aromatic carbocycles. The molecule has 4 nitrogen and oxygen atoms in total. The Morgan fingerprint density at radius 1 is 1.39 bits per heavy atom. The number of hydrazine groups is 1. The van der Waals surface area contributed by atoms with Gasteiger partial charge in [0.05, 0.1) is 25.9 Å². The SMILES string of the molecule is Cc1cc(C)c(C(NN)C2COCCO2)c(F)c1. The summed E-state index contributed by atoms with van der Waals surface area (Å²) in [5.41, 5.74) is 4.96. The van der Waals surface area contributed by atoms with Gasteiger partial charge in [-0.2, -0.15) is 0 Å². The zero-order chi connectivity index (χ0) is 13.1. The molecule has 1 aliphatic rings. The van der Waals surface area contributed by atoms with E-state index in [-0.39, 0.29) is 11.9 Å². The molecule has 0 spiro atoms. The van der Waals surface area contributed by atoms with Crippen molar-refractivity contribution in [1.29, 1.82) is 0 Å². The van der Waals surface area contributed by atoms with E-state index < -0.39 is 6.04 Å². The Labute approximate surface area is 106 Å². The molecular weight excluding hydrogens is 235 g/mol. The van der Waals surface area contributed by atoms with Crippen molar-refractivity contribution >= 4 is 0 Å². The first-order valence-electron chi connectivity index (χ1n) is 6.05. The molecule has 1 fully saturated rings. The van der Waals surface area contributed by atoms with Gasteiger partial charge in [-0.05, 0) is 31.0 Å². The molecule has 2 rings (SSSR count). The van der Waals surface area contributed by atoms with E-state index in [1.807, 2.05) is 19.9 Å². The minimum Gasteiger partial charge on any atom is -0.376 e. The van der Waals surface area contributed by atoms with Crippen molar-refractivity contribution in [2.24, 2.45) is 5.84 Å². The lowest BCUT2D eigenvalue weighted by Crippen LogP contribution is -2.44. The number of halogens is 1. The Morgan fingerprint density at radius 2 is 2.17 bits per heavy atom. The molecule has 18 heavy (non-hydrogen) atoms. The molecular formula is C13H19FN2O2. The quantitative estimate of drug-likeness (QED) is 0.631. The lowest BCUT2D eigenvalue weighted by Gasteiger charge is -2.31. The molecule has 0 bridgehead atoms. The van der Waals surface area contributed by atoms with Gasteiger partial charge in [-0.25, -0.2) is 4.39 Å². The number of aryl methyl sites for hydroxylation is 2. The Balaban J connectivity index is 2.32. The molecule has 3 N–H and O–H groups in total. The minimum absolute atomic E-state index is 0.260. The van der Waals surface area contributed by atoms with Crippen LogP contribution < -0.4 is 11.3 Å². The molecule has 100 valence electrons. The minimum atomic E-state index is -0.397. The maximum absolute atomic E-state index is 14.1. The first kappa shape index (κ1) is 13.4. The van der Waals surface area contributed by atoms with Crippen molar-refractivity contribution < 1.29 is 13.9 Å². The highest BCUT2D eigenvalue weighted by Gasteiger charge is 2.29. The number of hydrogen-bond donors (Lipinski definition) is 2. The van der Waals surface area contributed by atoms with Crippen LogP contribution in [0.3, 0.4) is 0 Å². The highest BCUT2D eigenvalue weighted by atomic mass is 19.1. The summed E-state index contributed by atoms with van der Waals surface area (Å²) in [4.78, 5) is 0. The fourth-order valence-corrected chi connectivity index (χ4v) is 2.40. The molecule has 0 saturated carbocycles. The highest BCUT2D eigenvalue weighted by molar-refractivity contribution is 5.35. The van der Waals surface area contributed by atoms with Gasteiger partial charge in [0, 0.05) is 5.56 Å². The third kappa shape index (κ3) is 2.70. The van der Waals surface area contributed by atoms with Crippen molar-refractivity contribution in [3.63, 3.8) is 0 Å². The van der Waals surface area contributed by atoms with Crippen LogP contribution in [-0.2, 0) is 9.47 Å². The summed E-state index contributed by atoms with van der Waals surface area (Å²) >= 11 is 0. The molecule has 5 heteroatoms. The van der Waals surface area contributed by atoms with Crippen LogP contribution >= 0.6 is 0 Å². The van der Waals surface area contributed by atoms with Crippen LogP contribution in [0.4, 0.5) is 4.39 Å². The van der Waals surface area contributed by atoms with E-state index in [2.05, 4.69) is 5.43 Å². The summed E-state index contributed by atoms with van der Waals surface area (Å²) in [6, 6.07) is 3.05. The van der Waals surface area contributed by atoms with E-state index in [9.17, 15) is 4.39 Å². The van der Waals surface area contributed by atoms with Gasteiger partial charge in [0.15, 0.2) is 0 Å².